The van der Waals surface area contributed by atoms with Crippen molar-refractivity contribution in [3.05, 3.63) is 35.7 Å². The van der Waals surface area contributed by atoms with Gasteiger partial charge in [-0.05, 0) is 19.4 Å². The molecule has 0 saturated carbocycles. The highest BCUT2D eigenvalue weighted by atomic mass is 16.5. The molecule has 1 aliphatic rings. The van der Waals surface area contributed by atoms with E-state index in [0.717, 1.165) is 11.1 Å². The van der Waals surface area contributed by atoms with E-state index in [9.17, 15) is 5.11 Å². The summed E-state index contributed by atoms with van der Waals surface area (Å²) in [6, 6.07) is 7.94. The van der Waals surface area contributed by atoms with E-state index in [2.05, 4.69) is 15.5 Å². The molecule has 0 aliphatic carbocycles. The first-order valence-electron chi connectivity index (χ1n) is 6.04. The Kier molecular flexibility index (Phi) is 2.85. The first-order chi connectivity index (χ1) is 8.72. The Balaban J connectivity index is 1.85. The van der Waals surface area contributed by atoms with E-state index >= 15 is 0 Å². The van der Waals surface area contributed by atoms with Gasteiger partial charge in [-0.1, -0.05) is 28.9 Å². The maximum Gasteiger partial charge on any atom is 0.244 e. The lowest BCUT2D eigenvalue weighted by Gasteiger charge is -2.01. The molecular weight excluding hydrogens is 230 g/mol. The average molecular weight is 245 g/mol. The molecule has 1 aromatic carbocycles. The van der Waals surface area contributed by atoms with Gasteiger partial charge in [0, 0.05) is 12.1 Å². The number of rotatable bonds is 2. The van der Waals surface area contributed by atoms with Gasteiger partial charge in [0.15, 0.2) is 0 Å². The third-order valence-electron chi connectivity index (χ3n) is 3.12. The number of hydrogen-bond acceptors (Lipinski definition) is 5. The molecule has 5 heteroatoms. The normalized spacial score (nSPS) is 23.4. The van der Waals surface area contributed by atoms with Crippen molar-refractivity contribution < 1.29 is 9.63 Å². The lowest BCUT2D eigenvalue weighted by molar-refractivity contribution is 0.191. The van der Waals surface area contributed by atoms with E-state index in [1.54, 1.807) is 0 Å². The van der Waals surface area contributed by atoms with Crippen molar-refractivity contribution >= 4 is 0 Å². The van der Waals surface area contributed by atoms with Crippen LogP contribution in [0, 0.1) is 6.92 Å². The number of aliphatic hydroxyl groups is 1. The van der Waals surface area contributed by atoms with E-state index in [0.29, 0.717) is 24.7 Å². The van der Waals surface area contributed by atoms with Gasteiger partial charge in [0.05, 0.1) is 12.1 Å². The fourth-order valence-corrected chi connectivity index (χ4v) is 2.18. The Hall–Kier alpha value is -1.72. The highest BCUT2D eigenvalue weighted by Crippen LogP contribution is 2.24. The second-order valence-electron chi connectivity index (χ2n) is 4.68. The van der Waals surface area contributed by atoms with Gasteiger partial charge in [0.1, 0.15) is 0 Å². The molecule has 5 nitrogen and oxygen atoms in total. The Morgan fingerprint density at radius 3 is 3.06 bits per heavy atom. The van der Waals surface area contributed by atoms with E-state index in [4.69, 9.17) is 4.52 Å². The van der Waals surface area contributed by atoms with Crippen LogP contribution in [0.15, 0.2) is 28.8 Å². The largest absolute Gasteiger partial charge is 0.392 e. The third kappa shape index (κ3) is 2.14. The monoisotopic (exact) mass is 245 g/mol. The van der Waals surface area contributed by atoms with Gasteiger partial charge in [-0.15, -0.1) is 0 Å². The zero-order valence-electron chi connectivity index (χ0n) is 10.1. The standard InChI is InChI=1S/C13H15N3O2/c1-8-3-2-4-9(5-8)12-15-13(18-16-12)11-6-10(17)7-14-11/h2-5,10-11,14,17H,6-7H2,1H3. The van der Waals surface area contributed by atoms with Crippen molar-refractivity contribution in [1.82, 2.24) is 15.5 Å². The molecule has 0 amide bonds. The second kappa shape index (κ2) is 4.51. The molecule has 2 atom stereocenters. The number of nitrogens with zero attached hydrogens (tertiary/aromatic N) is 2. The SMILES string of the molecule is Cc1cccc(-c2noc(C3CC(O)CN3)n2)c1. The predicted octanol–water partition coefficient (Wildman–Crippen LogP) is 1.44. The molecule has 2 unspecified atom stereocenters. The molecule has 1 aromatic heterocycles. The van der Waals surface area contributed by atoms with Crippen LogP contribution in [0.25, 0.3) is 11.4 Å². The third-order valence-corrected chi connectivity index (χ3v) is 3.12. The molecule has 2 heterocycles. The summed E-state index contributed by atoms with van der Waals surface area (Å²) in [7, 11) is 0. The molecule has 0 bridgehead atoms. The summed E-state index contributed by atoms with van der Waals surface area (Å²) in [4.78, 5) is 4.39. The molecule has 0 radical (unpaired) electrons. The zero-order chi connectivity index (χ0) is 12.5. The van der Waals surface area contributed by atoms with Crippen LogP contribution < -0.4 is 5.32 Å². The molecule has 0 spiro atoms. The van der Waals surface area contributed by atoms with E-state index in [-0.39, 0.29) is 12.1 Å². The number of nitrogens with one attached hydrogen (secondary N) is 1. The average Bonchev–Trinajstić information content (AvgIpc) is 2.97. The maximum atomic E-state index is 9.47. The summed E-state index contributed by atoms with van der Waals surface area (Å²) in [6.45, 7) is 2.60. The highest BCUT2D eigenvalue weighted by Gasteiger charge is 2.28. The van der Waals surface area contributed by atoms with Crippen LogP contribution in [0.2, 0.25) is 0 Å². The summed E-state index contributed by atoms with van der Waals surface area (Å²) in [5.41, 5.74) is 2.11. The first-order valence-corrected chi connectivity index (χ1v) is 6.04. The van der Waals surface area contributed by atoms with Crippen molar-refractivity contribution in [2.75, 3.05) is 6.54 Å². The predicted molar refractivity (Wildman–Crippen MR) is 65.8 cm³/mol. The van der Waals surface area contributed by atoms with Crippen molar-refractivity contribution in [2.45, 2.75) is 25.5 Å². The topological polar surface area (TPSA) is 71.2 Å². The lowest BCUT2D eigenvalue weighted by atomic mass is 10.1. The molecule has 3 rings (SSSR count). The number of aliphatic hydroxyl groups excluding tert-OH is 1. The van der Waals surface area contributed by atoms with Gasteiger partial charge in [0.25, 0.3) is 0 Å². The van der Waals surface area contributed by atoms with Crippen LogP contribution in [-0.2, 0) is 0 Å². The minimum atomic E-state index is -0.329. The summed E-state index contributed by atoms with van der Waals surface area (Å²) in [5, 5.41) is 16.6. The van der Waals surface area contributed by atoms with Gasteiger partial charge in [-0.2, -0.15) is 4.98 Å². The Labute approximate surface area is 105 Å². The molecule has 1 aliphatic heterocycles. The number of aryl methyl sites for hydroxylation is 1. The van der Waals surface area contributed by atoms with Gasteiger partial charge >= 0.3 is 0 Å². The minimum Gasteiger partial charge on any atom is -0.392 e. The van der Waals surface area contributed by atoms with E-state index in [1.807, 2.05) is 31.2 Å². The van der Waals surface area contributed by atoms with E-state index in [1.165, 1.54) is 0 Å². The number of hydrogen-bond donors (Lipinski definition) is 2. The summed E-state index contributed by atoms with van der Waals surface area (Å²) in [5.74, 6) is 1.14. The second-order valence-corrected chi connectivity index (χ2v) is 4.68. The molecule has 18 heavy (non-hydrogen) atoms. The van der Waals surface area contributed by atoms with Crippen LogP contribution in [0.1, 0.15) is 23.9 Å². The van der Waals surface area contributed by atoms with Crippen LogP contribution in [0.4, 0.5) is 0 Å². The van der Waals surface area contributed by atoms with Crippen LogP contribution in [-0.4, -0.2) is 27.9 Å². The van der Waals surface area contributed by atoms with Gasteiger partial charge < -0.3 is 14.9 Å². The zero-order valence-corrected chi connectivity index (χ0v) is 10.1. The van der Waals surface area contributed by atoms with Crippen molar-refractivity contribution in [2.24, 2.45) is 0 Å². The lowest BCUT2D eigenvalue weighted by Crippen LogP contribution is -2.15. The quantitative estimate of drug-likeness (QED) is 0.837. The molecule has 1 saturated heterocycles. The van der Waals surface area contributed by atoms with Crippen molar-refractivity contribution in [1.29, 1.82) is 0 Å². The molecule has 1 fully saturated rings. The van der Waals surface area contributed by atoms with Gasteiger partial charge in [0.2, 0.25) is 11.7 Å². The fraction of sp³-hybridized carbons (Fsp3) is 0.385. The Morgan fingerprint density at radius 1 is 1.44 bits per heavy atom. The summed E-state index contributed by atoms with van der Waals surface area (Å²) in [6.07, 6.45) is 0.291. The molecular formula is C13H15N3O2. The number of benzene rings is 1. The van der Waals surface area contributed by atoms with Crippen molar-refractivity contribution in [3.8, 4) is 11.4 Å². The van der Waals surface area contributed by atoms with Crippen molar-refractivity contribution in [3.63, 3.8) is 0 Å². The Morgan fingerprint density at radius 2 is 2.33 bits per heavy atom. The maximum absolute atomic E-state index is 9.47. The van der Waals surface area contributed by atoms with Crippen LogP contribution in [0.3, 0.4) is 0 Å². The van der Waals surface area contributed by atoms with Gasteiger partial charge in [-0.3, -0.25) is 0 Å². The van der Waals surface area contributed by atoms with Crippen LogP contribution >= 0.6 is 0 Å². The van der Waals surface area contributed by atoms with Gasteiger partial charge in [-0.25, -0.2) is 0 Å². The number of aromatic nitrogens is 2. The molecule has 94 valence electrons. The molecule has 2 aromatic rings. The highest BCUT2D eigenvalue weighted by molar-refractivity contribution is 5.55. The number of β-amino-alcohol motifs (C(OH)–C–C–N with tert-alkyl or cyclic N) is 1. The fourth-order valence-electron chi connectivity index (χ4n) is 2.18. The van der Waals surface area contributed by atoms with E-state index < -0.39 is 0 Å². The van der Waals surface area contributed by atoms with Crippen LogP contribution in [0.5, 0.6) is 0 Å². The first kappa shape index (κ1) is 11.4. The summed E-state index contributed by atoms with van der Waals surface area (Å²) >= 11 is 0. The minimum absolute atomic E-state index is 0.0361. The summed E-state index contributed by atoms with van der Waals surface area (Å²) < 4.78 is 5.26. The Bertz CT molecular complexity index is 553. The molecule has 2 N–H and O–H groups in total. The smallest absolute Gasteiger partial charge is 0.244 e.